The molecule has 3 rings (SSSR count). The Labute approximate surface area is 140 Å². The lowest BCUT2D eigenvalue weighted by Crippen LogP contribution is -2.37. The van der Waals surface area contributed by atoms with E-state index in [9.17, 15) is 13.2 Å². The molecule has 1 aromatic carbocycles. The zero-order valence-electron chi connectivity index (χ0n) is 12.5. The number of amides is 1. The van der Waals surface area contributed by atoms with Crippen LogP contribution in [0.3, 0.4) is 0 Å². The molecule has 0 radical (unpaired) electrons. The Morgan fingerprint density at radius 1 is 1.43 bits per heavy atom. The van der Waals surface area contributed by atoms with E-state index in [1.807, 2.05) is 0 Å². The predicted octanol–water partition coefficient (Wildman–Crippen LogP) is 1.48. The summed E-state index contributed by atoms with van der Waals surface area (Å²) in [6.45, 7) is 4.31. The maximum atomic E-state index is 12.6. The molecule has 1 aliphatic carbocycles. The molecule has 1 aromatic rings. The number of sulfonamides is 1. The van der Waals surface area contributed by atoms with Crippen molar-refractivity contribution in [2.24, 2.45) is 11.8 Å². The molecule has 1 heterocycles. The zero-order valence-corrected chi connectivity index (χ0v) is 14.1. The Morgan fingerprint density at radius 3 is 2.65 bits per heavy atom. The summed E-state index contributed by atoms with van der Waals surface area (Å²) in [5.41, 5.74) is 0.421. The van der Waals surface area contributed by atoms with E-state index in [2.05, 4.69) is 11.3 Å². The van der Waals surface area contributed by atoms with Crippen molar-refractivity contribution in [3.8, 4) is 5.75 Å². The van der Waals surface area contributed by atoms with Crippen molar-refractivity contribution in [2.45, 2.75) is 6.04 Å². The quantitative estimate of drug-likeness (QED) is 0.867. The van der Waals surface area contributed by atoms with Gasteiger partial charge in [-0.25, -0.2) is 13.1 Å². The average Bonchev–Trinajstić information content (AvgIpc) is 2.97. The Kier molecular flexibility index (Phi) is 4.12. The van der Waals surface area contributed by atoms with Crippen molar-refractivity contribution < 1.29 is 17.9 Å². The topological polar surface area (TPSA) is 75.7 Å². The number of carbonyl (C=O) groups excluding carboxylic acids is 1. The Hall–Kier alpha value is -1.57. The van der Waals surface area contributed by atoms with Crippen LogP contribution in [0.2, 0.25) is 5.02 Å². The summed E-state index contributed by atoms with van der Waals surface area (Å²) in [7, 11) is -1.93. The average molecular weight is 357 g/mol. The number of nitrogens with one attached hydrogen (secondary N) is 1. The van der Waals surface area contributed by atoms with E-state index in [0.717, 1.165) is 5.41 Å². The Morgan fingerprint density at radius 2 is 2.09 bits per heavy atom. The highest BCUT2D eigenvalue weighted by atomic mass is 35.5. The SMILES string of the molecule is C=CS(=O)(=O)NC1C2CN(C(=O)c3cc(Cl)ccc3OC)CC21. The van der Waals surface area contributed by atoms with Gasteiger partial charge >= 0.3 is 0 Å². The fourth-order valence-electron chi connectivity index (χ4n) is 3.12. The molecule has 1 saturated carbocycles. The largest absolute Gasteiger partial charge is 0.496 e. The first kappa shape index (κ1) is 16.3. The van der Waals surface area contributed by atoms with Crippen molar-refractivity contribution >= 4 is 27.5 Å². The number of fused-ring (bicyclic) bond motifs is 1. The van der Waals surface area contributed by atoms with E-state index in [-0.39, 0.29) is 23.8 Å². The van der Waals surface area contributed by atoms with Crippen LogP contribution < -0.4 is 9.46 Å². The second kappa shape index (κ2) is 5.81. The van der Waals surface area contributed by atoms with Gasteiger partial charge in [0.1, 0.15) is 5.75 Å². The van der Waals surface area contributed by atoms with Crippen molar-refractivity contribution in [2.75, 3.05) is 20.2 Å². The number of methoxy groups -OCH3 is 1. The molecule has 8 heteroatoms. The van der Waals surface area contributed by atoms with Crippen LogP contribution >= 0.6 is 11.6 Å². The molecule has 2 atom stereocenters. The highest BCUT2D eigenvalue weighted by Crippen LogP contribution is 2.46. The molecule has 6 nitrogen and oxygen atoms in total. The van der Waals surface area contributed by atoms with E-state index in [0.29, 0.717) is 29.4 Å². The number of halogens is 1. The minimum Gasteiger partial charge on any atom is -0.496 e. The number of hydrogen-bond donors (Lipinski definition) is 1. The van der Waals surface area contributed by atoms with Crippen LogP contribution in [0.1, 0.15) is 10.4 Å². The molecule has 23 heavy (non-hydrogen) atoms. The van der Waals surface area contributed by atoms with Crippen LogP contribution in [-0.2, 0) is 10.0 Å². The fourth-order valence-corrected chi connectivity index (χ4v) is 4.12. The fraction of sp³-hybridized carbons (Fsp3) is 0.400. The summed E-state index contributed by atoms with van der Waals surface area (Å²) in [6, 6.07) is 4.81. The van der Waals surface area contributed by atoms with Crippen LogP contribution in [0.4, 0.5) is 0 Å². The third kappa shape index (κ3) is 3.08. The van der Waals surface area contributed by atoms with Crippen molar-refractivity contribution in [1.82, 2.24) is 9.62 Å². The number of carbonyl (C=O) groups is 1. The monoisotopic (exact) mass is 356 g/mol. The Bertz CT molecular complexity index is 753. The number of benzene rings is 1. The smallest absolute Gasteiger partial charge is 0.257 e. The molecule has 2 fully saturated rings. The molecule has 2 aliphatic rings. The molecule has 0 aromatic heterocycles. The van der Waals surface area contributed by atoms with Crippen molar-refractivity contribution in [3.05, 3.63) is 40.8 Å². The Balaban J connectivity index is 1.68. The van der Waals surface area contributed by atoms with Gasteiger partial charge in [0.15, 0.2) is 0 Å². The highest BCUT2D eigenvalue weighted by Gasteiger charge is 2.57. The summed E-state index contributed by atoms with van der Waals surface area (Å²) < 4.78 is 30.8. The van der Waals surface area contributed by atoms with Crippen molar-refractivity contribution in [3.63, 3.8) is 0 Å². The van der Waals surface area contributed by atoms with Gasteiger partial charge in [-0.05, 0) is 30.0 Å². The van der Waals surface area contributed by atoms with Gasteiger partial charge in [0.05, 0.1) is 12.7 Å². The van der Waals surface area contributed by atoms with Crippen LogP contribution in [0, 0.1) is 11.8 Å². The molecule has 2 unspecified atom stereocenters. The number of nitrogens with zero attached hydrogens (tertiary/aromatic N) is 1. The second-order valence-corrected chi connectivity index (χ2v) is 7.83. The molecule has 124 valence electrons. The van der Waals surface area contributed by atoms with Gasteiger partial charge in [-0.3, -0.25) is 4.79 Å². The first-order chi connectivity index (χ1) is 10.9. The summed E-state index contributed by atoms with van der Waals surface area (Å²) in [6.07, 6.45) is 0. The van der Waals surface area contributed by atoms with E-state index < -0.39 is 10.0 Å². The van der Waals surface area contributed by atoms with E-state index in [4.69, 9.17) is 16.3 Å². The summed E-state index contributed by atoms with van der Waals surface area (Å²) in [4.78, 5) is 14.3. The van der Waals surface area contributed by atoms with Crippen LogP contribution in [-0.4, -0.2) is 45.5 Å². The molecule has 0 bridgehead atoms. The third-order valence-corrected chi connectivity index (χ3v) is 5.67. The summed E-state index contributed by atoms with van der Waals surface area (Å²) in [5, 5.41) is 1.37. The minimum absolute atomic E-state index is 0.108. The summed E-state index contributed by atoms with van der Waals surface area (Å²) in [5.74, 6) is 0.628. The summed E-state index contributed by atoms with van der Waals surface area (Å²) >= 11 is 5.96. The second-order valence-electron chi connectivity index (χ2n) is 5.74. The zero-order chi connectivity index (χ0) is 16.8. The van der Waals surface area contributed by atoms with Crippen molar-refractivity contribution in [1.29, 1.82) is 0 Å². The number of rotatable bonds is 5. The van der Waals surface area contributed by atoms with Crippen LogP contribution in [0.15, 0.2) is 30.2 Å². The molecule has 0 spiro atoms. The predicted molar refractivity (Wildman–Crippen MR) is 86.9 cm³/mol. The third-order valence-electron chi connectivity index (χ3n) is 4.39. The number of piperidine rings is 1. The number of ether oxygens (including phenoxy) is 1. The van der Waals surface area contributed by atoms with Gasteiger partial charge < -0.3 is 9.64 Å². The molecule has 1 amide bonds. The normalized spacial score (nSPS) is 25.8. The van der Waals surface area contributed by atoms with Crippen LogP contribution in [0.5, 0.6) is 5.75 Å². The van der Waals surface area contributed by atoms with Gasteiger partial charge in [0.25, 0.3) is 5.91 Å². The van der Waals surface area contributed by atoms with Gasteiger partial charge in [0.2, 0.25) is 10.0 Å². The maximum Gasteiger partial charge on any atom is 0.257 e. The molecule has 1 N–H and O–H groups in total. The number of likely N-dealkylation sites (tertiary alicyclic amines) is 1. The first-order valence-electron chi connectivity index (χ1n) is 7.14. The molecular weight excluding hydrogens is 340 g/mol. The van der Waals surface area contributed by atoms with Crippen LogP contribution in [0.25, 0.3) is 0 Å². The van der Waals surface area contributed by atoms with E-state index in [1.54, 1.807) is 23.1 Å². The van der Waals surface area contributed by atoms with Gasteiger partial charge in [-0.15, -0.1) is 0 Å². The number of hydrogen-bond acceptors (Lipinski definition) is 4. The highest BCUT2D eigenvalue weighted by molar-refractivity contribution is 7.92. The standard InChI is InChI=1S/C15H17ClN2O4S/c1-3-23(20,21)17-14-11-7-18(8-12(11)14)15(19)10-6-9(16)4-5-13(10)22-2/h3-6,11-12,14,17H,1,7-8H2,2H3. The lowest BCUT2D eigenvalue weighted by molar-refractivity contribution is 0.0769. The lowest BCUT2D eigenvalue weighted by atomic mass is 10.1. The molecular formula is C15H17ClN2O4S. The maximum absolute atomic E-state index is 12.6. The first-order valence-corrected chi connectivity index (χ1v) is 9.06. The van der Waals surface area contributed by atoms with Gasteiger partial charge in [-0.1, -0.05) is 18.2 Å². The molecule has 1 saturated heterocycles. The molecule has 1 aliphatic heterocycles. The lowest BCUT2D eigenvalue weighted by Gasteiger charge is -2.21. The van der Waals surface area contributed by atoms with E-state index in [1.165, 1.54) is 7.11 Å². The van der Waals surface area contributed by atoms with Gasteiger partial charge in [0, 0.05) is 29.6 Å². The minimum atomic E-state index is -3.43. The van der Waals surface area contributed by atoms with Gasteiger partial charge in [-0.2, -0.15) is 0 Å². The van der Waals surface area contributed by atoms with E-state index >= 15 is 0 Å².